The van der Waals surface area contributed by atoms with Gasteiger partial charge in [-0.15, -0.1) is 0 Å². The molecule has 0 bridgehead atoms. The van der Waals surface area contributed by atoms with E-state index in [1.54, 1.807) is 12.1 Å². The van der Waals surface area contributed by atoms with Crippen molar-refractivity contribution in [2.45, 2.75) is 19.6 Å². The van der Waals surface area contributed by atoms with Gasteiger partial charge in [-0.1, -0.05) is 59.7 Å². The first kappa shape index (κ1) is 17.8. The Bertz CT molecular complexity index is 1000. The summed E-state index contributed by atoms with van der Waals surface area (Å²) < 4.78 is 18.3. The second kappa shape index (κ2) is 7.59. The van der Waals surface area contributed by atoms with Gasteiger partial charge in [0.05, 0.1) is 18.2 Å². The van der Waals surface area contributed by atoms with Crippen molar-refractivity contribution in [2.75, 3.05) is 0 Å². The normalized spacial score (nSPS) is 18.4. The maximum absolute atomic E-state index is 13.1. The van der Waals surface area contributed by atoms with E-state index in [1.165, 1.54) is 12.1 Å². The zero-order valence-electron chi connectivity index (χ0n) is 15.0. The van der Waals surface area contributed by atoms with Crippen molar-refractivity contribution in [1.82, 2.24) is 15.5 Å². The van der Waals surface area contributed by atoms with Gasteiger partial charge in [0.1, 0.15) is 5.82 Å². The quantitative estimate of drug-likeness (QED) is 0.735. The Morgan fingerprint density at radius 2 is 1.86 bits per heavy atom. The van der Waals surface area contributed by atoms with Crippen LogP contribution in [0, 0.1) is 11.7 Å². The molecule has 0 aliphatic carbocycles. The lowest BCUT2D eigenvalue weighted by atomic mass is 9.94. The lowest BCUT2D eigenvalue weighted by Crippen LogP contribution is -2.39. The molecule has 8 heteroatoms. The Kier molecular flexibility index (Phi) is 4.84. The minimum Gasteiger partial charge on any atom is -0.381 e. The molecule has 0 saturated carbocycles. The highest BCUT2D eigenvalue weighted by Crippen LogP contribution is 2.23. The Balaban J connectivity index is 1.36. The van der Waals surface area contributed by atoms with E-state index < -0.39 is 6.10 Å². The van der Waals surface area contributed by atoms with Crippen molar-refractivity contribution in [3.8, 4) is 11.4 Å². The Labute approximate surface area is 160 Å². The van der Waals surface area contributed by atoms with Crippen LogP contribution in [0.5, 0.6) is 0 Å². The van der Waals surface area contributed by atoms with Crippen LogP contribution < -0.4 is 5.32 Å². The lowest BCUT2D eigenvalue weighted by Gasteiger charge is -2.13. The summed E-state index contributed by atoms with van der Waals surface area (Å²) in [5, 5.41) is 10.6. The third-order valence-electron chi connectivity index (χ3n) is 4.46. The number of carbonyl (C=O) groups excluding carboxylic acids is 1. The van der Waals surface area contributed by atoms with Crippen molar-refractivity contribution in [2.24, 2.45) is 11.1 Å². The van der Waals surface area contributed by atoms with Gasteiger partial charge in [-0.05, 0) is 17.7 Å². The number of amides is 1. The molecule has 0 unspecified atom stereocenters. The van der Waals surface area contributed by atoms with Crippen LogP contribution >= 0.6 is 0 Å². The van der Waals surface area contributed by atoms with Gasteiger partial charge in [0.15, 0.2) is 0 Å². The highest BCUT2D eigenvalue weighted by atomic mass is 19.1. The molecular formula is C20H17FN4O3. The molecule has 7 nitrogen and oxygen atoms in total. The van der Waals surface area contributed by atoms with Crippen molar-refractivity contribution in [1.29, 1.82) is 0 Å². The molecule has 0 fully saturated rings. The van der Waals surface area contributed by atoms with Crippen molar-refractivity contribution < 1.29 is 18.5 Å². The predicted octanol–water partition coefficient (Wildman–Crippen LogP) is 2.93. The minimum absolute atomic E-state index is 0.0805. The van der Waals surface area contributed by atoms with Crippen LogP contribution in [0.25, 0.3) is 11.4 Å². The molecule has 0 spiro atoms. The topological polar surface area (TPSA) is 89.6 Å². The van der Waals surface area contributed by atoms with E-state index in [2.05, 4.69) is 20.6 Å². The molecule has 2 aromatic carbocycles. The van der Waals surface area contributed by atoms with Gasteiger partial charge < -0.3 is 14.7 Å². The van der Waals surface area contributed by atoms with Gasteiger partial charge in [0, 0.05) is 5.56 Å². The van der Waals surface area contributed by atoms with Gasteiger partial charge in [-0.25, -0.2) is 4.39 Å². The van der Waals surface area contributed by atoms with Crippen LogP contribution in [0.4, 0.5) is 4.39 Å². The van der Waals surface area contributed by atoms with Crippen molar-refractivity contribution >= 4 is 11.6 Å². The first-order valence-electron chi connectivity index (χ1n) is 8.77. The van der Waals surface area contributed by atoms with Crippen molar-refractivity contribution in [3.05, 3.63) is 71.9 Å². The summed E-state index contributed by atoms with van der Waals surface area (Å²) in [4.78, 5) is 22.1. The predicted molar refractivity (Wildman–Crippen MR) is 98.6 cm³/mol. The highest BCUT2D eigenvalue weighted by molar-refractivity contribution is 6.05. The molecule has 1 aliphatic heterocycles. The Morgan fingerprint density at radius 3 is 2.61 bits per heavy atom. The first-order valence-corrected chi connectivity index (χ1v) is 8.77. The molecule has 0 saturated heterocycles. The van der Waals surface area contributed by atoms with Crippen LogP contribution in [-0.4, -0.2) is 27.9 Å². The Hall–Kier alpha value is -3.55. The molecule has 1 N–H and O–H groups in total. The Morgan fingerprint density at radius 1 is 1.11 bits per heavy atom. The molecule has 4 rings (SSSR count). The smallest absolute Gasteiger partial charge is 0.265 e. The summed E-state index contributed by atoms with van der Waals surface area (Å²) in [5.74, 6) is -0.213. The number of nitrogens with one attached hydrogen (secondary N) is 1. The van der Waals surface area contributed by atoms with Gasteiger partial charge in [-0.2, -0.15) is 4.98 Å². The van der Waals surface area contributed by atoms with Gasteiger partial charge in [-0.3, -0.25) is 4.79 Å². The molecule has 3 aromatic rings. The van der Waals surface area contributed by atoms with E-state index in [0.29, 0.717) is 17.1 Å². The summed E-state index contributed by atoms with van der Waals surface area (Å²) >= 11 is 0. The third kappa shape index (κ3) is 3.62. The molecule has 1 amide bonds. The maximum atomic E-state index is 13.1. The summed E-state index contributed by atoms with van der Waals surface area (Å²) in [6, 6.07) is 15.3. The molecule has 2 heterocycles. The number of oxime groups is 1. The van der Waals surface area contributed by atoms with E-state index in [9.17, 15) is 9.18 Å². The summed E-state index contributed by atoms with van der Waals surface area (Å²) in [6.07, 6.45) is -0.781. The van der Waals surface area contributed by atoms with Crippen LogP contribution in [0.1, 0.15) is 18.4 Å². The number of carbonyl (C=O) groups is 1. The molecule has 1 aromatic heterocycles. The number of benzene rings is 2. The van der Waals surface area contributed by atoms with Crippen LogP contribution in [0.15, 0.2) is 64.3 Å². The first-order chi connectivity index (χ1) is 13.6. The van der Waals surface area contributed by atoms with E-state index in [0.717, 1.165) is 5.56 Å². The standard InChI is InChI=1S/C20H17FN4O3/c1-12-17(13-7-9-15(21)10-8-13)24-28-18(12)20(26)22-11-16-23-19(25-27-16)14-5-3-2-4-6-14/h2-10,12,18H,11H2,1H3,(H,22,26)/t12-,18-/m0/s1. The molecule has 0 radical (unpaired) electrons. The number of nitrogens with zero attached hydrogens (tertiary/aromatic N) is 3. The molecule has 2 atom stereocenters. The van der Waals surface area contributed by atoms with Crippen LogP contribution in [0.3, 0.4) is 0 Å². The van der Waals surface area contributed by atoms with Crippen molar-refractivity contribution in [3.63, 3.8) is 0 Å². The summed E-state index contributed by atoms with van der Waals surface area (Å²) in [7, 11) is 0. The van der Waals surface area contributed by atoms with E-state index in [4.69, 9.17) is 9.36 Å². The second-order valence-corrected chi connectivity index (χ2v) is 6.39. The lowest BCUT2D eigenvalue weighted by molar-refractivity contribution is -0.133. The van der Waals surface area contributed by atoms with E-state index >= 15 is 0 Å². The van der Waals surface area contributed by atoms with E-state index in [1.807, 2.05) is 37.3 Å². The molecule has 1 aliphatic rings. The fraction of sp³-hybridized carbons (Fsp3) is 0.200. The third-order valence-corrected chi connectivity index (χ3v) is 4.46. The fourth-order valence-electron chi connectivity index (χ4n) is 2.94. The zero-order chi connectivity index (χ0) is 19.5. The molecular weight excluding hydrogens is 363 g/mol. The van der Waals surface area contributed by atoms with Crippen LogP contribution in [-0.2, 0) is 16.2 Å². The van der Waals surface area contributed by atoms with Gasteiger partial charge in [0.25, 0.3) is 5.91 Å². The van der Waals surface area contributed by atoms with Crippen LogP contribution in [0.2, 0.25) is 0 Å². The minimum atomic E-state index is -0.781. The average molecular weight is 380 g/mol. The maximum Gasteiger partial charge on any atom is 0.265 e. The SMILES string of the molecule is C[C@H]1C(c2ccc(F)cc2)=NO[C@@H]1C(=O)NCc1nc(-c2ccccc2)no1. The summed E-state index contributed by atoms with van der Waals surface area (Å²) in [6.45, 7) is 1.91. The monoisotopic (exact) mass is 380 g/mol. The second-order valence-electron chi connectivity index (χ2n) is 6.39. The molecule has 142 valence electrons. The number of hydrogen-bond donors (Lipinski definition) is 1. The largest absolute Gasteiger partial charge is 0.381 e. The van der Waals surface area contributed by atoms with E-state index in [-0.39, 0.29) is 30.1 Å². The highest BCUT2D eigenvalue weighted by Gasteiger charge is 2.36. The summed E-state index contributed by atoms with van der Waals surface area (Å²) in [5.41, 5.74) is 2.15. The average Bonchev–Trinajstić information content (AvgIpc) is 3.34. The fourth-order valence-corrected chi connectivity index (χ4v) is 2.94. The number of aromatic nitrogens is 2. The zero-order valence-corrected chi connectivity index (χ0v) is 15.0. The van der Waals surface area contributed by atoms with Gasteiger partial charge in [0.2, 0.25) is 17.8 Å². The van der Waals surface area contributed by atoms with Gasteiger partial charge >= 0.3 is 0 Å². The number of rotatable bonds is 5. The number of hydrogen-bond acceptors (Lipinski definition) is 6. The molecule has 28 heavy (non-hydrogen) atoms. The number of halogens is 1.